The summed E-state index contributed by atoms with van der Waals surface area (Å²) in [5, 5.41) is 21.7. The van der Waals surface area contributed by atoms with Crippen LogP contribution in [-0.2, 0) is 6.42 Å². The van der Waals surface area contributed by atoms with Gasteiger partial charge < -0.3 is 15.5 Å². The van der Waals surface area contributed by atoms with Crippen LogP contribution in [0, 0.1) is 0 Å². The summed E-state index contributed by atoms with van der Waals surface area (Å²) in [6.07, 6.45) is 2.96. The number of aliphatic hydroxyl groups excluding tert-OH is 1. The minimum absolute atomic E-state index is 0.194. The molecule has 3 nitrogen and oxygen atoms in total. The predicted molar refractivity (Wildman–Crippen MR) is 70.2 cm³/mol. The molecular weight excluding hydrogens is 214 g/mol. The Bertz CT molecular complexity index is 307. The Labute approximate surface area is 103 Å². The van der Waals surface area contributed by atoms with Gasteiger partial charge in [0.05, 0.1) is 6.61 Å². The van der Waals surface area contributed by atoms with E-state index in [1.807, 2.05) is 12.1 Å². The number of hydrogen-bond acceptors (Lipinski definition) is 3. The molecule has 96 valence electrons. The minimum atomic E-state index is 0.194. The van der Waals surface area contributed by atoms with Crippen LogP contribution >= 0.6 is 0 Å². The molecule has 3 N–H and O–H groups in total. The summed E-state index contributed by atoms with van der Waals surface area (Å²) in [5.41, 5.74) is 1.23. The predicted octanol–water partition coefficient (Wildman–Crippen LogP) is 2.07. The summed E-state index contributed by atoms with van der Waals surface area (Å²) in [7, 11) is 0. The largest absolute Gasteiger partial charge is 0.508 e. The molecule has 1 aromatic rings. The second kappa shape index (κ2) is 7.30. The zero-order valence-electron chi connectivity index (χ0n) is 10.7. The van der Waals surface area contributed by atoms with Crippen molar-refractivity contribution in [1.29, 1.82) is 0 Å². The molecule has 0 radical (unpaired) electrons. The van der Waals surface area contributed by atoms with E-state index in [1.54, 1.807) is 12.1 Å². The van der Waals surface area contributed by atoms with Gasteiger partial charge in [0, 0.05) is 12.1 Å². The van der Waals surface area contributed by atoms with Crippen molar-refractivity contribution in [3.63, 3.8) is 0 Å². The lowest BCUT2D eigenvalue weighted by atomic mass is 10.1. The zero-order chi connectivity index (χ0) is 12.7. The summed E-state index contributed by atoms with van der Waals surface area (Å²) in [5.74, 6) is 0.311. The molecule has 1 aromatic carbocycles. The van der Waals surface area contributed by atoms with Gasteiger partial charge >= 0.3 is 0 Å². The molecule has 0 spiro atoms. The van der Waals surface area contributed by atoms with Crippen LogP contribution in [0.2, 0.25) is 0 Å². The molecule has 0 heterocycles. The number of aryl methyl sites for hydroxylation is 1. The molecule has 3 heteroatoms. The highest BCUT2D eigenvalue weighted by Gasteiger charge is 2.08. The van der Waals surface area contributed by atoms with Crippen LogP contribution in [0.4, 0.5) is 0 Å². The monoisotopic (exact) mass is 237 g/mol. The van der Waals surface area contributed by atoms with Crippen LogP contribution in [-0.4, -0.2) is 28.9 Å². The summed E-state index contributed by atoms with van der Waals surface area (Å²) in [6, 6.07) is 7.92. The van der Waals surface area contributed by atoms with Gasteiger partial charge in [-0.2, -0.15) is 0 Å². The molecule has 0 aromatic heterocycles. The molecule has 1 unspecified atom stereocenters. The number of hydrogen-bond donors (Lipinski definition) is 3. The molecule has 0 amide bonds. The first-order valence-electron chi connectivity index (χ1n) is 6.30. The SMILES string of the molecule is CC[C@@H](CO)NC(C)CCc1ccc(O)cc1. The molecule has 2 atom stereocenters. The van der Waals surface area contributed by atoms with Crippen LogP contribution in [0.15, 0.2) is 24.3 Å². The maximum atomic E-state index is 9.18. The van der Waals surface area contributed by atoms with Crippen molar-refractivity contribution in [2.24, 2.45) is 0 Å². The Morgan fingerprint density at radius 1 is 1.24 bits per heavy atom. The fourth-order valence-electron chi connectivity index (χ4n) is 1.83. The maximum Gasteiger partial charge on any atom is 0.115 e. The lowest BCUT2D eigenvalue weighted by Crippen LogP contribution is -2.38. The Morgan fingerprint density at radius 2 is 1.88 bits per heavy atom. The third-order valence-corrected chi connectivity index (χ3v) is 3.04. The van der Waals surface area contributed by atoms with E-state index in [4.69, 9.17) is 5.11 Å². The number of aliphatic hydroxyl groups is 1. The van der Waals surface area contributed by atoms with Gasteiger partial charge in [0.2, 0.25) is 0 Å². The van der Waals surface area contributed by atoms with Gasteiger partial charge in [0.25, 0.3) is 0 Å². The van der Waals surface area contributed by atoms with Gasteiger partial charge in [-0.05, 0) is 43.9 Å². The third kappa shape index (κ3) is 5.20. The lowest BCUT2D eigenvalue weighted by molar-refractivity contribution is 0.228. The molecule has 0 saturated heterocycles. The molecular formula is C14H23NO2. The Kier molecular flexibility index (Phi) is 6.01. The second-order valence-electron chi connectivity index (χ2n) is 4.56. The maximum absolute atomic E-state index is 9.18. The van der Waals surface area contributed by atoms with Crippen LogP contribution < -0.4 is 5.32 Å². The number of rotatable bonds is 7. The number of phenols is 1. The molecule has 0 aliphatic carbocycles. The Hall–Kier alpha value is -1.06. The van der Waals surface area contributed by atoms with Crippen molar-refractivity contribution in [3.05, 3.63) is 29.8 Å². The quantitative estimate of drug-likeness (QED) is 0.680. The lowest BCUT2D eigenvalue weighted by Gasteiger charge is -2.20. The number of phenolic OH excluding ortho intramolecular Hbond substituents is 1. The van der Waals surface area contributed by atoms with Gasteiger partial charge in [0.15, 0.2) is 0 Å². The molecule has 0 fully saturated rings. The number of benzene rings is 1. The standard InChI is InChI=1S/C14H23NO2/c1-3-13(10-16)15-11(2)4-5-12-6-8-14(17)9-7-12/h6-9,11,13,15-17H,3-5,10H2,1-2H3/t11?,13-/m0/s1. The van der Waals surface area contributed by atoms with E-state index in [0.29, 0.717) is 11.8 Å². The molecule has 17 heavy (non-hydrogen) atoms. The minimum Gasteiger partial charge on any atom is -0.508 e. The highest BCUT2D eigenvalue weighted by atomic mass is 16.3. The van der Waals surface area contributed by atoms with E-state index in [0.717, 1.165) is 19.3 Å². The van der Waals surface area contributed by atoms with Crippen LogP contribution in [0.3, 0.4) is 0 Å². The van der Waals surface area contributed by atoms with Gasteiger partial charge in [-0.15, -0.1) is 0 Å². The van der Waals surface area contributed by atoms with E-state index >= 15 is 0 Å². The third-order valence-electron chi connectivity index (χ3n) is 3.04. The fraction of sp³-hybridized carbons (Fsp3) is 0.571. The zero-order valence-corrected chi connectivity index (χ0v) is 10.7. The first-order chi connectivity index (χ1) is 8.15. The van der Waals surface area contributed by atoms with Crippen molar-refractivity contribution >= 4 is 0 Å². The highest BCUT2D eigenvalue weighted by molar-refractivity contribution is 5.25. The van der Waals surface area contributed by atoms with E-state index in [1.165, 1.54) is 5.56 Å². The van der Waals surface area contributed by atoms with Crippen LogP contribution in [0.1, 0.15) is 32.3 Å². The van der Waals surface area contributed by atoms with Crippen molar-refractivity contribution < 1.29 is 10.2 Å². The summed E-state index contributed by atoms with van der Waals surface area (Å²) >= 11 is 0. The molecule has 0 saturated carbocycles. The highest BCUT2D eigenvalue weighted by Crippen LogP contribution is 2.12. The van der Waals surface area contributed by atoms with E-state index < -0.39 is 0 Å². The summed E-state index contributed by atoms with van der Waals surface area (Å²) < 4.78 is 0. The van der Waals surface area contributed by atoms with Gasteiger partial charge in [-0.3, -0.25) is 0 Å². The topological polar surface area (TPSA) is 52.5 Å². The van der Waals surface area contributed by atoms with Crippen LogP contribution in [0.5, 0.6) is 5.75 Å². The Morgan fingerprint density at radius 3 is 2.41 bits per heavy atom. The summed E-state index contributed by atoms with van der Waals surface area (Å²) in [4.78, 5) is 0. The molecule has 1 rings (SSSR count). The number of nitrogens with one attached hydrogen (secondary N) is 1. The second-order valence-corrected chi connectivity index (χ2v) is 4.56. The first kappa shape index (κ1) is 14.0. The van der Waals surface area contributed by atoms with E-state index in [2.05, 4.69) is 19.2 Å². The van der Waals surface area contributed by atoms with Crippen molar-refractivity contribution in [3.8, 4) is 5.75 Å². The van der Waals surface area contributed by atoms with E-state index in [-0.39, 0.29) is 12.6 Å². The fourth-order valence-corrected chi connectivity index (χ4v) is 1.83. The smallest absolute Gasteiger partial charge is 0.115 e. The van der Waals surface area contributed by atoms with Gasteiger partial charge in [-0.25, -0.2) is 0 Å². The molecule has 0 aliphatic heterocycles. The van der Waals surface area contributed by atoms with Gasteiger partial charge in [0.1, 0.15) is 5.75 Å². The van der Waals surface area contributed by atoms with Crippen molar-refractivity contribution in [2.75, 3.05) is 6.61 Å². The molecule has 0 aliphatic rings. The molecule has 0 bridgehead atoms. The normalized spacial score (nSPS) is 14.5. The van der Waals surface area contributed by atoms with Gasteiger partial charge in [-0.1, -0.05) is 19.1 Å². The average molecular weight is 237 g/mol. The van der Waals surface area contributed by atoms with E-state index in [9.17, 15) is 5.11 Å². The Balaban J connectivity index is 2.32. The van der Waals surface area contributed by atoms with Crippen molar-refractivity contribution in [2.45, 2.75) is 45.2 Å². The van der Waals surface area contributed by atoms with Crippen LogP contribution in [0.25, 0.3) is 0 Å². The average Bonchev–Trinajstić information content (AvgIpc) is 2.35. The van der Waals surface area contributed by atoms with Crippen molar-refractivity contribution in [1.82, 2.24) is 5.32 Å². The first-order valence-corrected chi connectivity index (χ1v) is 6.30. The number of aromatic hydroxyl groups is 1. The summed E-state index contributed by atoms with van der Waals surface area (Å²) in [6.45, 7) is 4.40.